The van der Waals surface area contributed by atoms with Crippen molar-refractivity contribution in [3.63, 3.8) is 0 Å². The van der Waals surface area contributed by atoms with Gasteiger partial charge in [0.25, 0.3) is 5.91 Å². The second-order valence-electron chi connectivity index (χ2n) is 6.10. The van der Waals surface area contributed by atoms with Gasteiger partial charge in [0, 0.05) is 30.2 Å². The van der Waals surface area contributed by atoms with Crippen LogP contribution in [0.15, 0.2) is 47.0 Å². The lowest BCUT2D eigenvalue weighted by Gasteiger charge is -2.26. The van der Waals surface area contributed by atoms with Gasteiger partial charge in [0.1, 0.15) is 11.5 Å². The van der Waals surface area contributed by atoms with Gasteiger partial charge in [0.05, 0.1) is 22.8 Å². The number of benzene rings is 2. The van der Waals surface area contributed by atoms with Crippen LogP contribution in [0.1, 0.15) is 21.6 Å². The van der Waals surface area contributed by atoms with Crippen LogP contribution in [0, 0.1) is 0 Å². The lowest BCUT2D eigenvalue weighted by atomic mass is 10.00. The van der Waals surface area contributed by atoms with E-state index < -0.39 is 0 Å². The average molecular weight is 371 g/mol. The van der Waals surface area contributed by atoms with Crippen molar-refractivity contribution in [3.8, 4) is 22.8 Å². The minimum Gasteiger partial charge on any atom is -0.507 e. The van der Waals surface area contributed by atoms with Gasteiger partial charge in [0.2, 0.25) is 0 Å². The van der Waals surface area contributed by atoms with Gasteiger partial charge in [-0.15, -0.1) is 0 Å². The van der Waals surface area contributed by atoms with Crippen molar-refractivity contribution in [2.45, 2.75) is 13.0 Å². The molecule has 0 radical (unpaired) electrons. The molecule has 26 heavy (non-hydrogen) atoms. The largest absolute Gasteiger partial charge is 0.507 e. The quantitative estimate of drug-likeness (QED) is 0.719. The van der Waals surface area contributed by atoms with Gasteiger partial charge < -0.3 is 19.6 Å². The Morgan fingerprint density at radius 1 is 1.15 bits per heavy atom. The zero-order valence-corrected chi connectivity index (χ0v) is 14.4. The summed E-state index contributed by atoms with van der Waals surface area (Å²) in [6, 6.07) is 11.6. The third kappa shape index (κ3) is 2.78. The van der Waals surface area contributed by atoms with E-state index in [1.54, 1.807) is 17.0 Å². The van der Waals surface area contributed by atoms with Gasteiger partial charge in [-0.1, -0.05) is 35.0 Å². The summed E-state index contributed by atoms with van der Waals surface area (Å²) in [6.45, 7) is 0.856. The van der Waals surface area contributed by atoms with Crippen LogP contribution in [0.4, 0.5) is 0 Å². The molecule has 0 aliphatic carbocycles. The van der Waals surface area contributed by atoms with Gasteiger partial charge in [0.15, 0.2) is 5.76 Å². The second-order valence-corrected chi connectivity index (χ2v) is 6.51. The first-order valence-corrected chi connectivity index (χ1v) is 8.46. The molecule has 0 fully saturated rings. The van der Waals surface area contributed by atoms with Gasteiger partial charge in [-0.2, -0.15) is 0 Å². The molecule has 0 saturated carbocycles. The van der Waals surface area contributed by atoms with Crippen LogP contribution in [-0.4, -0.2) is 32.7 Å². The molecule has 132 valence electrons. The first-order chi connectivity index (χ1) is 12.5. The Bertz CT molecular complexity index is 985. The number of aromatic hydroxyl groups is 2. The van der Waals surface area contributed by atoms with Crippen LogP contribution in [0.25, 0.3) is 11.3 Å². The van der Waals surface area contributed by atoms with E-state index >= 15 is 0 Å². The maximum atomic E-state index is 12.7. The van der Waals surface area contributed by atoms with E-state index in [9.17, 15) is 15.0 Å². The van der Waals surface area contributed by atoms with Crippen molar-refractivity contribution in [2.75, 3.05) is 6.54 Å². The van der Waals surface area contributed by atoms with E-state index in [2.05, 4.69) is 5.16 Å². The molecule has 0 saturated heterocycles. The van der Waals surface area contributed by atoms with Gasteiger partial charge in [-0.3, -0.25) is 4.79 Å². The fourth-order valence-electron chi connectivity index (χ4n) is 3.09. The maximum Gasteiger partial charge on any atom is 0.254 e. The van der Waals surface area contributed by atoms with Crippen LogP contribution in [0.2, 0.25) is 5.02 Å². The van der Waals surface area contributed by atoms with Crippen molar-refractivity contribution in [1.82, 2.24) is 10.1 Å². The SMILES string of the molecule is O=C(c1ccccc1)N1CCc2noc(-c3cc(Cl)c(O)cc3O)c2C1. The van der Waals surface area contributed by atoms with Crippen molar-refractivity contribution in [1.29, 1.82) is 0 Å². The first-order valence-electron chi connectivity index (χ1n) is 8.08. The van der Waals surface area contributed by atoms with Gasteiger partial charge in [-0.25, -0.2) is 0 Å². The third-order valence-corrected chi connectivity index (χ3v) is 4.76. The number of aromatic nitrogens is 1. The van der Waals surface area contributed by atoms with Gasteiger partial charge >= 0.3 is 0 Å². The average Bonchev–Trinajstić information content (AvgIpc) is 3.08. The highest BCUT2D eigenvalue weighted by atomic mass is 35.5. The summed E-state index contributed by atoms with van der Waals surface area (Å²) >= 11 is 5.96. The molecule has 2 aromatic carbocycles. The molecular formula is C19H15ClN2O4. The lowest BCUT2D eigenvalue weighted by Crippen LogP contribution is -2.35. The number of phenolic OH excluding ortho intramolecular Hbond substituents is 2. The van der Waals surface area contributed by atoms with E-state index in [4.69, 9.17) is 16.1 Å². The zero-order chi connectivity index (χ0) is 18.3. The zero-order valence-electron chi connectivity index (χ0n) is 13.6. The summed E-state index contributed by atoms with van der Waals surface area (Å²) in [5.41, 5.74) is 2.43. The molecule has 1 aliphatic heterocycles. The van der Waals surface area contributed by atoms with Crippen molar-refractivity contribution < 1.29 is 19.5 Å². The summed E-state index contributed by atoms with van der Waals surface area (Å²) in [7, 11) is 0. The van der Waals surface area contributed by atoms with Crippen LogP contribution < -0.4 is 0 Å². The predicted molar refractivity (Wildman–Crippen MR) is 95.2 cm³/mol. The number of fused-ring (bicyclic) bond motifs is 1. The highest BCUT2D eigenvalue weighted by Crippen LogP contribution is 2.40. The first kappa shape index (κ1) is 16.5. The van der Waals surface area contributed by atoms with Crippen LogP contribution in [-0.2, 0) is 13.0 Å². The van der Waals surface area contributed by atoms with Crippen LogP contribution in [0.3, 0.4) is 0 Å². The number of phenols is 2. The van der Waals surface area contributed by atoms with Crippen LogP contribution >= 0.6 is 11.6 Å². The summed E-state index contributed by atoms with van der Waals surface area (Å²) in [6.07, 6.45) is 0.560. The summed E-state index contributed by atoms with van der Waals surface area (Å²) in [5, 5.41) is 23.9. The third-order valence-electron chi connectivity index (χ3n) is 4.45. The number of carbonyl (C=O) groups is 1. The fraction of sp³-hybridized carbons (Fsp3) is 0.158. The summed E-state index contributed by atoms with van der Waals surface area (Å²) in [5.74, 6) is -0.110. The molecule has 0 unspecified atom stereocenters. The highest BCUT2D eigenvalue weighted by Gasteiger charge is 2.29. The molecule has 6 nitrogen and oxygen atoms in total. The molecule has 1 amide bonds. The Hall–Kier alpha value is -2.99. The Labute approximate surface area is 154 Å². The molecule has 3 aromatic rings. The van der Waals surface area contributed by atoms with E-state index in [0.717, 1.165) is 17.3 Å². The standard InChI is InChI=1S/C19H15ClN2O4/c20-14-8-12(16(23)9-17(14)24)18-13-10-22(7-6-15(13)21-26-18)19(25)11-4-2-1-3-5-11/h1-5,8-9,23-24H,6-7,10H2. The van der Waals surface area contributed by atoms with E-state index in [1.165, 1.54) is 6.07 Å². The number of rotatable bonds is 2. The van der Waals surface area contributed by atoms with E-state index in [1.807, 2.05) is 18.2 Å². The molecular weight excluding hydrogens is 356 g/mol. The molecule has 2 heterocycles. The van der Waals surface area contributed by atoms with Gasteiger partial charge in [-0.05, 0) is 18.2 Å². The monoisotopic (exact) mass is 370 g/mol. The second kappa shape index (κ2) is 6.38. The van der Waals surface area contributed by atoms with E-state index in [0.29, 0.717) is 36.4 Å². The Morgan fingerprint density at radius 2 is 1.92 bits per heavy atom. The minimum atomic E-state index is -0.220. The predicted octanol–water partition coefficient (Wildman–Crippen LogP) is 3.60. The minimum absolute atomic E-state index is 0.0728. The maximum absolute atomic E-state index is 12.7. The molecule has 0 bridgehead atoms. The Kier molecular flexibility index (Phi) is 4.05. The lowest BCUT2D eigenvalue weighted by molar-refractivity contribution is 0.0734. The normalized spacial score (nSPS) is 13.5. The van der Waals surface area contributed by atoms with Crippen molar-refractivity contribution in [3.05, 3.63) is 64.3 Å². The summed E-state index contributed by atoms with van der Waals surface area (Å²) in [4.78, 5) is 14.4. The van der Waals surface area contributed by atoms with Crippen molar-refractivity contribution >= 4 is 17.5 Å². The Balaban J connectivity index is 1.69. The number of halogens is 1. The van der Waals surface area contributed by atoms with E-state index in [-0.39, 0.29) is 22.4 Å². The number of hydrogen-bond acceptors (Lipinski definition) is 5. The smallest absolute Gasteiger partial charge is 0.254 e. The molecule has 0 spiro atoms. The highest BCUT2D eigenvalue weighted by molar-refractivity contribution is 6.32. The number of nitrogens with zero attached hydrogens (tertiary/aromatic N) is 2. The molecule has 0 atom stereocenters. The number of hydrogen-bond donors (Lipinski definition) is 2. The summed E-state index contributed by atoms with van der Waals surface area (Å²) < 4.78 is 5.42. The number of carbonyl (C=O) groups excluding carboxylic acids is 1. The fourth-order valence-corrected chi connectivity index (χ4v) is 3.26. The molecule has 1 aliphatic rings. The van der Waals surface area contributed by atoms with Crippen molar-refractivity contribution in [2.24, 2.45) is 0 Å². The molecule has 7 heteroatoms. The van der Waals surface area contributed by atoms with Crippen LogP contribution in [0.5, 0.6) is 11.5 Å². The molecule has 4 rings (SSSR count). The molecule has 1 aromatic heterocycles. The Morgan fingerprint density at radius 3 is 2.69 bits per heavy atom. The molecule has 2 N–H and O–H groups in total. The topological polar surface area (TPSA) is 86.8 Å². The number of amides is 1.